The molecule has 3 heterocycles. The Hall–Kier alpha value is -2.47. The van der Waals surface area contributed by atoms with Gasteiger partial charge in [-0.1, -0.05) is 0 Å². The van der Waals surface area contributed by atoms with Crippen molar-refractivity contribution in [1.82, 2.24) is 19.8 Å². The van der Waals surface area contributed by atoms with Gasteiger partial charge >= 0.3 is 0 Å². The van der Waals surface area contributed by atoms with Gasteiger partial charge in [0, 0.05) is 71.6 Å². The number of carbonyl (C=O) groups excluding carboxylic acids is 1. The highest BCUT2D eigenvalue weighted by atomic mass is 16.2. The van der Waals surface area contributed by atoms with Gasteiger partial charge in [0.25, 0.3) is 5.91 Å². The molecule has 6 heteroatoms. The van der Waals surface area contributed by atoms with E-state index in [0.29, 0.717) is 5.56 Å². The number of piperazine rings is 1. The average molecular weight is 325 g/mol. The molecule has 2 aromatic rings. The van der Waals surface area contributed by atoms with Crippen molar-refractivity contribution < 1.29 is 4.79 Å². The molecule has 0 aromatic carbocycles. The zero-order valence-electron chi connectivity index (χ0n) is 14.2. The molecule has 0 bridgehead atoms. The summed E-state index contributed by atoms with van der Waals surface area (Å²) in [5.41, 5.74) is 2.84. The van der Waals surface area contributed by atoms with E-state index in [2.05, 4.69) is 14.9 Å². The van der Waals surface area contributed by atoms with Crippen LogP contribution in [0.15, 0.2) is 43.0 Å². The van der Waals surface area contributed by atoms with Crippen molar-refractivity contribution in [2.24, 2.45) is 0 Å². The van der Waals surface area contributed by atoms with Crippen molar-refractivity contribution in [3.63, 3.8) is 0 Å². The zero-order valence-corrected chi connectivity index (χ0v) is 14.2. The quantitative estimate of drug-likeness (QED) is 0.853. The van der Waals surface area contributed by atoms with Gasteiger partial charge in [0.15, 0.2) is 0 Å². The van der Waals surface area contributed by atoms with Crippen LogP contribution in [-0.4, -0.2) is 65.9 Å². The number of anilines is 1. The van der Waals surface area contributed by atoms with E-state index >= 15 is 0 Å². The minimum atomic E-state index is 0.0651. The fourth-order valence-electron chi connectivity index (χ4n) is 2.97. The lowest BCUT2D eigenvalue weighted by molar-refractivity contribution is 0.0628. The summed E-state index contributed by atoms with van der Waals surface area (Å²) in [5.74, 6) is 0.0651. The van der Waals surface area contributed by atoms with Crippen LogP contribution < -0.4 is 4.90 Å². The molecule has 0 aliphatic carbocycles. The van der Waals surface area contributed by atoms with Gasteiger partial charge in [0.2, 0.25) is 0 Å². The minimum absolute atomic E-state index is 0.0651. The number of carbonyl (C=O) groups is 1. The number of rotatable bonds is 4. The summed E-state index contributed by atoms with van der Waals surface area (Å²) in [6, 6.07) is 5.96. The second-order valence-corrected chi connectivity index (χ2v) is 6.21. The molecular formula is C18H23N5O. The third kappa shape index (κ3) is 3.71. The molecule has 1 aliphatic rings. The normalized spacial score (nSPS) is 15.3. The number of hydrogen-bond acceptors (Lipinski definition) is 5. The van der Waals surface area contributed by atoms with Gasteiger partial charge in [-0.05, 0) is 23.8 Å². The van der Waals surface area contributed by atoms with E-state index in [9.17, 15) is 4.79 Å². The molecule has 0 atom stereocenters. The Morgan fingerprint density at radius 1 is 1.04 bits per heavy atom. The molecule has 24 heavy (non-hydrogen) atoms. The molecule has 2 aromatic heterocycles. The van der Waals surface area contributed by atoms with E-state index in [1.54, 1.807) is 12.4 Å². The Labute approximate surface area is 142 Å². The largest absolute Gasteiger partial charge is 0.377 e. The molecule has 1 fully saturated rings. The molecule has 0 saturated carbocycles. The topological polar surface area (TPSA) is 52.6 Å². The molecule has 6 nitrogen and oxygen atoms in total. The SMILES string of the molecule is CN(C)c1ccncc1C(=O)N1CCN(Cc2ccncc2)CC1. The van der Waals surface area contributed by atoms with Crippen LogP contribution in [0.2, 0.25) is 0 Å². The second kappa shape index (κ2) is 7.40. The molecule has 0 N–H and O–H groups in total. The number of nitrogens with zero attached hydrogens (tertiary/aromatic N) is 5. The minimum Gasteiger partial charge on any atom is -0.377 e. The van der Waals surface area contributed by atoms with Crippen molar-refractivity contribution in [2.45, 2.75) is 6.54 Å². The van der Waals surface area contributed by atoms with E-state index in [4.69, 9.17) is 0 Å². The van der Waals surface area contributed by atoms with Crippen molar-refractivity contribution >= 4 is 11.6 Å². The van der Waals surface area contributed by atoms with Gasteiger partial charge in [-0.2, -0.15) is 0 Å². The summed E-state index contributed by atoms with van der Waals surface area (Å²) in [7, 11) is 3.89. The van der Waals surface area contributed by atoms with Crippen LogP contribution in [0.4, 0.5) is 5.69 Å². The lowest BCUT2D eigenvalue weighted by Gasteiger charge is -2.35. The van der Waals surface area contributed by atoms with Crippen molar-refractivity contribution in [3.8, 4) is 0 Å². The molecule has 1 saturated heterocycles. The van der Waals surface area contributed by atoms with E-state index < -0.39 is 0 Å². The van der Waals surface area contributed by atoms with Gasteiger partial charge in [-0.25, -0.2) is 0 Å². The van der Waals surface area contributed by atoms with E-state index in [1.807, 2.05) is 54.5 Å². The van der Waals surface area contributed by atoms with Crippen LogP contribution in [0, 0.1) is 0 Å². The lowest BCUT2D eigenvalue weighted by Crippen LogP contribution is -2.48. The third-order valence-corrected chi connectivity index (χ3v) is 4.33. The van der Waals surface area contributed by atoms with Crippen molar-refractivity contribution in [3.05, 3.63) is 54.1 Å². The first-order chi connectivity index (χ1) is 11.6. The fraction of sp³-hybridized carbons (Fsp3) is 0.389. The highest BCUT2D eigenvalue weighted by Crippen LogP contribution is 2.19. The summed E-state index contributed by atoms with van der Waals surface area (Å²) >= 11 is 0. The summed E-state index contributed by atoms with van der Waals surface area (Å²) in [4.78, 5) is 27.2. The Balaban J connectivity index is 1.61. The molecule has 0 unspecified atom stereocenters. The van der Waals surface area contributed by atoms with E-state index in [-0.39, 0.29) is 5.91 Å². The van der Waals surface area contributed by atoms with Crippen LogP contribution in [0.25, 0.3) is 0 Å². The maximum absolute atomic E-state index is 12.8. The molecule has 1 aliphatic heterocycles. The van der Waals surface area contributed by atoms with Crippen LogP contribution in [0.5, 0.6) is 0 Å². The van der Waals surface area contributed by atoms with E-state index in [1.165, 1.54) is 5.56 Å². The second-order valence-electron chi connectivity index (χ2n) is 6.21. The number of amides is 1. The predicted octanol–water partition coefficient (Wildman–Crippen LogP) is 1.50. The summed E-state index contributed by atoms with van der Waals surface area (Å²) in [5, 5.41) is 0. The van der Waals surface area contributed by atoms with Crippen LogP contribution >= 0.6 is 0 Å². The van der Waals surface area contributed by atoms with Gasteiger partial charge in [0.1, 0.15) is 0 Å². The molecule has 0 radical (unpaired) electrons. The average Bonchev–Trinajstić information content (AvgIpc) is 2.62. The molecular weight excluding hydrogens is 302 g/mol. The van der Waals surface area contributed by atoms with Crippen LogP contribution in [0.1, 0.15) is 15.9 Å². The summed E-state index contributed by atoms with van der Waals surface area (Å²) in [6.45, 7) is 4.15. The Morgan fingerprint density at radius 2 is 1.71 bits per heavy atom. The third-order valence-electron chi connectivity index (χ3n) is 4.33. The molecule has 3 rings (SSSR count). The fourth-order valence-corrected chi connectivity index (χ4v) is 2.97. The lowest BCUT2D eigenvalue weighted by atomic mass is 10.1. The number of pyridine rings is 2. The van der Waals surface area contributed by atoms with E-state index in [0.717, 1.165) is 38.4 Å². The smallest absolute Gasteiger partial charge is 0.257 e. The predicted molar refractivity (Wildman–Crippen MR) is 94.0 cm³/mol. The maximum Gasteiger partial charge on any atom is 0.257 e. The zero-order chi connectivity index (χ0) is 16.9. The van der Waals surface area contributed by atoms with Gasteiger partial charge in [0.05, 0.1) is 11.3 Å². The summed E-state index contributed by atoms with van der Waals surface area (Å²) in [6.07, 6.45) is 7.03. The highest BCUT2D eigenvalue weighted by Gasteiger charge is 2.24. The Morgan fingerprint density at radius 3 is 2.38 bits per heavy atom. The van der Waals surface area contributed by atoms with Crippen molar-refractivity contribution in [2.75, 3.05) is 45.2 Å². The highest BCUT2D eigenvalue weighted by molar-refractivity contribution is 5.99. The Bertz CT molecular complexity index is 681. The summed E-state index contributed by atoms with van der Waals surface area (Å²) < 4.78 is 0. The molecule has 126 valence electrons. The van der Waals surface area contributed by atoms with Crippen LogP contribution in [-0.2, 0) is 6.54 Å². The van der Waals surface area contributed by atoms with Crippen LogP contribution in [0.3, 0.4) is 0 Å². The standard InChI is InChI=1S/C18H23N5O/c1-21(2)17-5-8-20-13-16(17)18(24)23-11-9-22(10-12-23)14-15-3-6-19-7-4-15/h3-8,13H,9-12,14H2,1-2H3. The van der Waals surface area contributed by atoms with Crippen molar-refractivity contribution in [1.29, 1.82) is 0 Å². The molecule has 0 spiro atoms. The first kappa shape index (κ1) is 16.4. The van der Waals surface area contributed by atoms with Gasteiger partial charge in [-0.15, -0.1) is 0 Å². The number of hydrogen-bond donors (Lipinski definition) is 0. The number of aromatic nitrogens is 2. The monoisotopic (exact) mass is 325 g/mol. The first-order valence-electron chi connectivity index (χ1n) is 8.17. The van der Waals surface area contributed by atoms with Gasteiger partial charge in [-0.3, -0.25) is 19.7 Å². The Kier molecular flexibility index (Phi) is 5.05. The maximum atomic E-state index is 12.8. The van der Waals surface area contributed by atoms with Gasteiger partial charge < -0.3 is 9.80 Å². The first-order valence-corrected chi connectivity index (χ1v) is 8.17. The molecule has 1 amide bonds.